The summed E-state index contributed by atoms with van der Waals surface area (Å²) in [5, 5.41) is 10.0. The number of aliphatic hydroxyl groups excluding tert-OH is 1. The Kier molecular flexibility index (Phi) is 6.36. The summed E-state index contributed by atoms with van der Waals surface area (Å²) in [6, 6.07) is 9.57. The zero-order chi connectivity index (χ0) is 21.1. The van der Waals surface area contributed by atoms with Crippen molar-refractivity contribution >= 4 is 12.2 Å². The lowest BCUT2D eigenvalue weighted by Gasteiger charge is -2.44. The number of hydrogen-bond acceptors (Lipinski definition) is 5. The Labute approximate surface area is 172 Å². The zero-order valence-corrected chi connectivity index (χ0v) is 17.6. The van der Waals surface area contributed by atoms with E-state index in [1.54, 1.807) is 9.80 Å². The van der Waals surface area contributed by atoms with E-state index in [9.17, 15) is 14.7 Å². The Morgan fingerprint density at radius 1 is 1.10 bits per heavy atom. The van der Waals surface area contributed by atoms with Crippen LogP contribution < -0.4 is 0 Å². The van der Waals surface area contributed by atoms with Crippen molar-refractivity contribution in [2.45, 2.75) is 45.8 Å². The van der Waals surface area contributed by atoms with Gasteiger partial charge in [0.25, 0.3) is 0 Å². The molecule has 160 valence electrons. The molecule has 29 heavy (non-hydrogen) atoms. The van der Waals surface area contributed by atoms with Crippen LogP contribution in [0.25, 0.3) is 0 Å². The van der Waals surface area contributed by atoms with Gasteiger partial charge in [0.05, 0.1) is 0 Å². The molecule has 2 unspecified atom stereocenters. The molecule has 0 radical (unpaired) electrons. The summed E-state index contributed by atoms with van der Waals surface area (Å²) in [6.07, 6.45) is 0.877. The smallest absolute Gasteiger partial charge is 0.410 e. The highest BCUT2D eigenvalue weighted by atomic mass is 16.6. The minimum Gasteiger partial charge on any atom is -0.445 e. The molecule has 2 fully saturated rings. The van der Waals surface area contributed by atoms with Gasteiger partial charge in [-0.05, 0) is 44.6 Å². The second kappa shape index (κ2) is 8.61. The first-order valence-electron chi connectivity index (χ1n) is 10.3. The zero-order valence-electron chi connectivity index (χ0n) is 17.6. The summed E-state index contributed by atoms with van der Waals surface area (Å²) < 4.78 is 10.9. The molecule has 0 saturated carbocycles. The van der Waals surface area contributed by atoms with Crippen LogP contribution in [0, 0.1) is 11.3 Å². The van der Waals surface area contributed by atoms with E-state index in [0.717, 1.165) is 18.4 Å². The molecule has 2 heterocycles. The van der Waals surface area contributed by atoms with Crippen molar-refractivity contribution in [3.63, 3.8) is 0 Å². The molecule has 0 aliphatic carbocycles. The maximum Gasteiger partial charge on any atom is 0.410 e. The molecule has 2 aliphatic heterocycles. The highest BCUT2D eigenvalue weighted by Crippen LogP contribution is 2.44. The lowest BCUT2D eigenvalue weighted by atomic mass is 9.70. The van der Waals surface area contributed by atoms with Crippen molar-refractivity contribution < 1.29 is 24.2 Å². The van der Waals surface area contributed by atoms with Gasteiger partial charge in [-0.15, -0.1) is 0 Å². The molecule has 0 bridgehead atoms. The summed E-state index contributed by atoms with van der Waals surface area (Å²) in [7, 11) is 0. The van der Waals surface area contributed by atoms with E-state index in [0.29, 0.717) is 26.2 Å². The molecular weight excluding hydrogens is 372 g/mol. The molecule has 2 saturated heterocycles. The largest absolute Gasteiger partial charge is 0.445 e. The Balaban J connectivity index is 1.57. The maximum atomic E-state index is 12.5. The first kappa shape index (κ1) is 21.4. The third-order valence-electron chi connectivity index (χ3n) is 5.91. The predicted molar refractivity (Wildman–Crippen MR) is 108 cm³/mol. The molecule has 0 aromatic heterocycles. The standard InChI is InChI=1S/C22H32N2O5/c1-21(2,3)29-20(27)24-12-10-22(16-24)9-11-23(13-18(22)14-25)19(26)28-15-17-7-5-4-6-8-17/h4-8,18,25H,9-16H2,1-3H3. The molecule has 3 rings (SSSR count). The molecule has 1 spiro atoms. The average molecular weight is 405 g/mol. The van der Waals surface area contributed by atoms with E-state index >= 15 is 0 Å². The number of carbonyl (C=O) groups is 2. The summed E-state index contributed by atoms with van der Waals surface area (Å²) in [5.74, 6) is -0.0898. The fraction of sp³-hybridized carbons (Fsp3) is 0.636. The van der Waals surface area contributed by atoms with Gasteiger partial charge in [-0.2, -0.15) is 0 Å². The van der Waals surface area contributed by atoms with Gasteiger partial charge in [0.15, 0.2) is 0 Å². The summed E-state index contributed by atoms with van der Waals surface area (Å²) in [4.78, 5) is 28.3. The van der Waals surface area contributed by atoms with Crippen LogP contribution in [0.1, 0.15) is 39.2 Å². The van der Waals surface area contributed by atoms with Gasteiger partial charge in [-0.3, -0.25) is 0 Å². The molecule has 1 N–H and O–H groups in total. The van der Waals surface area contributed by atoms with Gasteiger partial charge in [-0.25, -0.2) is 9.59 Å². The monoisotopic (exact) mass is 404 g/mol. The van der Waals surface area contributed by atoms with Crippen molar-refractivity contribution in [1.29, 1.82) is 0 Å². The second-order valence-electron chi connectivity index (χ2n) is 9.13. The lowest BCUT2D eigenvalue weighted by Crippen LogP contribution is -2.52. The number of amides is 2. The van der Waals surface area contributed by atoms with E-state index in [1.165, 1.54) is 0 Å². The van der Waals surface area contributed by atoms with Gasteiger partial charge in [0, 0.05) is 38.7 Å². The van der Waals surface area contributed by atoms with Crippen molar-refractivity contribution in [3.05, 3.63) is 35.9 Å². The van der Waals surface area contributed by atoms with Crippen LogP contribution in [0.2, 0.25) is 0 Å². The number of benzene rings is 1. The number of rotatable bonds is 3. The SMILES string of the molecule is CC(C)(C)OC(=O)N1CCC2(CCN(C(=O)OCc3ccccc3)CC2CO)C1. The summed E-state index contributed by atoms with van der Waals surface area (Å²) >= 11 is 0. The number of ether oxygens (including phenoxy) is 2. The molecule has 7 nitrogen and oxygen atoms in total. The van der Waals surface area contributed by atoms with E-state index in [4.69, 9.17) is 9.47 Å². The minimum absolute atomic E-state index is 0.0232. The van der Waals surface area contributed by atoms with E-state index in [1.807, 2.05) is 51.1 Å². The van der Waals surface area contributed by atoms with Crippen molar-refractivity contribution in [1.82, 2.24) is 9.80 Å². The first-order valence-corrected chi connectivity index (χ1v) is 10.3. The van der Waals surface area contributed by atoms with Crippen LogP contribution in [-0.2, 0) is 16.1 Å². The van der Waals surface area contributed by atoms with Gasteiger partial charge in [0.1, 0.15) is 12.2 Å². The van der Waals surface area contributed by atoms with Crippen LogP contribution in [0.4, 0.5) is 9.59 Å². The number of hydrogen-bond donors (Lipinski definition) is 1. The predicted octanol–water partition coefficient (Wildman–Crippen LogP) is 3.26. The number of nitrogens with zero attached hydrogens (tertiary/aromatic N) is 2. The third-order valence-corrected chi connectivity index (χ3v) is 5.91. The molecule has 2 atom stereocenters. The Morgan fingerprint density at radius 3 is 2.38 bits per heavy atom. The molecular formula is C22H32N2O5. The van der Waals surface area contributed by atoms with Crippen LogP contribution in [0.3, 0.4) is 0 Å². The third kappa shape index (κ3) is 5.21. The van der Waals surface area contributed by atoms with Crippen LogP contribution in [0.15, 0.2) is 30.3 Å². The van der Waals surface area contributed by atoms with Crippen LogP contribution >= 0.6 is 0 Å². The molecule has 2 aliphatic rings. The van der Waals surface area contributed by atoms with Crippen LogP contribution in [0.5, 0.6) is 0 Å². The summed E-state index contributed by atoms with van der Waals surface area (Å²) in [6.45, 7) is 7.94. The number of aliphatic hydroxyl groups is 1. The van der Waals surface area contributed by atoms with Crippen molar-refractivity contribution in [2.75, 3.05) is 32.8 Å². The highest BCUT2D eigenvalue weighted by Gasteiger charge is 2.49. The average Bonchev–Trinajstić information content (AvgIpc) is 3.11. The maximum absolute atomic E-state index is 12.5. The van der Waals surface area contributed by atoms with E-state index in [-0.39, 0.29) is 36.7 Å². The minimum atomic E-state index is -0.533. The van der Waals surface area contributed by atoms with E-state index in [2.05, 4.69) is 0 Å². The molecule has 1 aromatic carbocycles. The Bertz CT molecular complexity index is 718. The number of carbonyl (C=O) groups excluding carboxylic acids is 2. The first-order chi connectivity index (χ1) is 13.7. The molecule has 1 aromatic rings. The van der Waals surface area contributed by atoms with Gasteiger partial charge >= 0.3 is 12.2 Å². The number of piperidine rings is 1. The molecule has 7 heteroatoms. The lowest BCUT2D eigenvalue weighted by molar-refractivity contribution is -0.00530. The fourth-order valence-electron chi connectivity index (χ4n) is 4.26. The molecule has 2 amide bonds. The fourth-order valence-corrected chi connectivity index (χ4v) is 4.26. The normalized spacial score (nSPS) is 24.6. The van der Waals surface area contributed by atoms with E-state index < -0.39 is 5.60 Å². The van der Waals surface area contributed by atoms with Crippen molar-refractivity contribution in [3.8, 4) is 0 Å². The topological polar surface area (TPSA) is 79.3 Å². The Morgan fingerprint density at radius 2 is 1.76 bits per heavy atom. The number of likely N-dealkylation sites (tertiary alicyclic amines) is 2. The Hall–Kier alpha value is -2.28. The van der Waals surface area contributed by atoms with Gasteiger partial charge in [-0.1, -0.05) is 30.3 Å². The van der Waals surface area contributed by atoms with Crippen LogP contribution in [-0.4, -0.2) is 65.5 Å². The quantitative estimate of drug-likeness (QED) is 0.836. The van der Waals surface area contributed by atoms with Gasteiger partial charge in [0.2, 0.25) is 0 Å². The highest BCUT2D eigenvalue weighted by molar-refractivity contribution is 5.69. The second-order valence-corrected chi connectivity index (χ2v) is 9.13. The van der Waals surface area contributed by atoms with Crippen molar-refractivity contribution in [2.24, 2.45) is 11.3 Å². The summed E-state index contributed by atoms with van der Waals surface area (Å²) in [5.41, 5.74) is 0.230. The van der Waals surface area contributed by atoms with Gasteiger partial charge < -0.3 is 24.4 Å².